The van der Waals surface area contributed by atoms with Crippen molar-refractivity contribution in [3.8, 4) is 6.07 Å². The van der Waals surface area contributed by atoms with Gasteiger partial charge in [-0.05, 0) is 25.0 Å². The number of nitrogens with zero attached hydrogens (tertiary/aromatic N) is 4. The third-order valence-corrected chi connectivity index (χ3v) is 4.14. The van der Waals surface area contributed by atoms with Gasteiger partial charge in [-0.1, -0.05) is 30.2 Å². The van der Waals surface area contributed by atoms with Crippen LogP contribution in [0.25, 0.3) is 11.3 Å². The first kappa shape index (κ1) is 14.6. The summed E-state index contributed by atoms with van der Waals surface area (Å²) in [6.45, 7) is 0.763. The van der Waals surface area contributed by atoms with Crippen molar-refractivity contribution in [3.63, 3.8) is 0 Å². The number of nitriles is 1. The van der Waals surface area contributed by atoms with E-state index < -0.39 is 0 Å². The zero-order valence-corrected chi connectivity index (χ0v) is 12.7. The molecule has 0 fully saturated rings. The first-order chi connectivity index (χ1) is 10.7. The molecule has 1 aromatic carbocycles. The van der Waals surface area contributed by atoms with E-state index in [-0.39, 0.29) is 11.3 Å². The van der Waals surface area contributed by atoms with Crippen LogP contribution in [0.2, 0.25) is 5.02 Å². The van der Waals surface area contributed by atoms with Crippen LogP contribution in [-0.4, -0.2) is 19.9 Å². The molecule has 1 aliphatic heterocycles. The summed E-state index contributed by atoms with van der Waals surface area (Å²) in [5.41, 5.74) is 0.528. The number of rotatable bonds is 2. The molecular formula is C16H15ClN4O. The number of hydrogen-bond donors (Lipinski definition) is 1. The fourth-order valence-electron chi connectivity index (χ4n) is 2.67. The fourth-order valence-corrected chi connectivity index (χ4v) is 2.89. The molecule has 5 nitrogen and oxygen atoms in total. The predicted molar refractivity (Wildman–Crippen MR) is 84.1 cm³/mol. The summed E-state index contributed by atoms with van der Waals surface area (Å²) in [6.07, 6.45) is 4.06. The molecule has 0 unspecified atom stereocenters. The lowest BCUT2D eigenvalue weighted by molar-refractivity contribution is 0.513. The Labute approximate surface area is 133 Å². The number of allylic oxidation sites excluding steroid dienone is 1. The number of benzene rings is 1. The standard InChI is InChI=1S/C16H15ClN4O/c17-13-7-4-3-6-11(13)15(22)12(10-18)16-20-19-14-8-2-1-5-9-21(14)16/h3-4,6-7,22H,1-2,5,8-9H2. The zero-order valence-electron chi connectivity index (χ0n) is 12.0. The predicted octanol–water partition coefficient (Wildman–Crippen LogP) is 3.61. The number of aromatic nitrogens is 3. The molecule has 1 aliphatic rings. The van der Waals surface area contributed by atoms with E-state index in [1.165, 1.54) is 0 Å². The van der Waals surface area contributed by atoms with Gasteiger partial charge in [-0.2, -0.15) is 5.26 Å². The van der Waals surface area contributed by atoms with E-state index >= 15 is 0 Å². The molecule has 2 heterocycles. The van der Waals surface area contributed by atoms with Crippen molar-refractivity contribution in [3.05, 3.63) is 46.5 Å². The molecule has 0 amide bonds. The van der Waals surface area contributed by atoms with Crippen LogP contribution in [0, 0.1) is 11.3 Å². The van der Waals surface area contributed by atoms with Crippen molar-refractivity contribution in [2.45, 2.75) is 32.2 Å². The molecule has 1 aromatic heterocycles. The summed E-state index contributed by atoms with van der Waals surface area (Å²) in [7, 11) is 0. The van der Waals surface area contributed by atoms with E-state index in [1.807, 2.05) is 10.6 Å². The van der Waals surface area contributed by atoms with Gasteiger partial charge in [0.25, 0.3) is 0 Å². The van der Waals surface area contributed by atoms with Gasteiger partial charge in [-0.15, -0.1) is 10.2 Å². The van der Waals surface area contributed by atoms with Crippen LogP contribution in [0.1, 0.15) is 36.5 Å². The van der Waals surface area contributed by atoms with Gasteiger partial charge in [0, 0.05) is 18.5 Å². The van der Waals surface area contributed by atoms with E-state index in [9.17, 15) is 10.4 Å². The average Bonchev–Trinajstić information content (AvgIpc) is 2.77. The van der Waals surface area contributed by atoms with Crippen LogP contribution in [0.15, 0.2) is 24.3 Å². The molecule has 0 spiro atoms. The highest BCUT2D eigenvalue weighted by Crippen LogP contribution is 2.29. The van der Waals surface area contributed by atoms with Gasteiger partial charge in [0.15, 0.2) is 5.82 Å². The van der Waals surface area contributed by atoms with E-state index in [4.69, 9.17) is 11.6 Å². The Morgan fingerprint density at radius 3 is 2.82 bits per heavy atom. The summed E-state index contributed by atoms with van der Waals surface area (Å²) < 4.78 is 1.93. The van der Waals surface area contributed by atoms with E-state index in [2.05, 4.69) is 10.2 Å². The minimum absolute atomic E-state index is 0.105. The number of aliphatic hydroxyl groups is 1. The van der Waals surface area contributed by atoms with Crippen molar-refractivity contribution in [2.24, 2.45) is 0 Å². The molecule has 0 saturated carbocycles. The molecule has 0 radical (unpaired) electrons. The number of halogens is 1. The van der Waals surface area contributed by atoms with Crippen LogP contribution in [0.4, 0.5) is 0 Å². The molecule has 2 aromatic rings. The first-order valence-corrected chi connectivity index (χ1v) is 7.61. The van der Waals surface area contributed by atoms with E-state index in [1.54, 1.807) is 24.3 Å². The van der Waals surface area contributed by atoms with Crippen molar-refractivity contribution < 1.29 is 5.11 Å². The van der Waals surface area contributed by atoms with Gasteiger partial charge in [0.1, 0.15) is 23.2 Å². The van der Waals surface area contributed by atoms with Gasteiger partial charge < -0.3 is 9.67 Å². The summed E-state index contributed by atoms with van der Waals surface area (Å²) >= 11 is 6.10. The minimum Gasteiger partial charge on any atom is -0.506 e. The van der Waals surface area contributed by atoms with Gasteiger partial charge >= 0.3 is 0 Å². The zero-order chi connectivity index (χ0) is 15.5. The maximum Gasteiger partial charge on any atom is 0.178 e. The van der Waals surface area contributed by atoms with Gasteiger partial charge in [-0.25, -0.2) is 0 Å². The summed E-state index contributed by atoms with van der Waals surface area (Å²) in [4.78, 5) is 0. The number of hydrogen-bond acceptors (Lipinski definition) is 4. The quantitative estimate of drug-likeness (QED) is 0.678. The van der Waals surface area contributed by atoms with Gasteiger partial charge in [0.05, 0.1) is 5.02 Å². The van der Waals surface area contributed by atoms with Crippen LogP contribution in [-0.2, 0) is 13.0 Å². The molecule has 0 saturated heterocycles. The average molecular weight is 315 g/mol. The normalized spacial score (nSPS) is 15.5. The second-order valence-corrected chi connectivity index (χ2v) is 5.62. The lowest BCUT2D eigenvalue weighted by atomic mass is 10.1. The maximum atomic E-state index is 10.5. The van der Waals surface area contributed by atoms with Crippen LogP contribution in [0.3, 0.4) is 0 Å². The third kappa shape index (κ3) is 2.58. The lowest BCUT2D eigenvalue weighted by Crippen LogP contribution is -2.06. The van der Waals surface area contributed by atoms with E-state index in [0.29, 0.717) is 16.4 Å². The molecule has 22 heavy (non-hydrogen) atoms. The highest BCUT2D eigenvalue weighted by atomic mass is 35.5. The van der Waals surface area contributed by atoms with Gasteiger partial charge in [-0.3, -0.25) is 0 Å². The lowest BCUT2D eigenvalue weighted by Gasteiger charge is -2.09. The van der Waals surface area contributed by atoms with Crippen molar-refractivity contribution in [2.75, 3.05) is 0 Å². The summed E-state index contributed by atoms with van der Waals surface area (Å²) in [6, 6.07) is 8.93. The van der Waals surface area contributed by atoms with Crippen LogP contribution < -0.4 is 0 Å². The Bertz CT molecular complexity index is 773. The minimum atomic E-state index is -0.160. The smallest absolute Gasteiger partial charge is 0.178 e. The maximum absolute atomic E-state index is 10.5. The molecule has 6 heteroatoms. The highest BCUT2D eigenvalue weighted by Gasteiger charge is 2.21. The number of fused-ring (bicyclic) bond motifs is 1. The molecule has 1 N–H and O–H groups in total. The summed E-state index contributed by atoms with van der Waals surface area (Å²) in [5.74, 6) is 1.12. The van der Waals surface area contributed by atoms with Crippen molar-refractivity contribution in [1.82, 2.24) is 14.8 Å². The second kappa shape index (κ2) is 6.20. The molecule has 0 bridgehead atoms. The molecule has 112 valence electrons. The Balaban J connectivity index is 2.13. The Hall–Kier alpha value is -2.32. The largest absolute Gasteiger partial charge is 0.506 e. The SMILES string of the molecule is N#CC(=C(O)c1ccccc1Cl)c1nnc2n1CCCCC2. The number of aryl methyl sites for hydroxylation is 1. The van der Waals surface area contributed by atoms with Crippen molar-refractivity contribution in [1.29, 1.82) is 5.26 Å². The Morgan fingerprint density at radius 2 is 2.05 bits per heavy atom. The Kier molecular flexibility index (Phi) is 4.12. The molecule has 3 rings (SSSR count). The molecule has 0 atom stereocenters. The topological polar surface area (TPSA) is 74.7 Å². The second-order valence-electron chi connectivity index (χ2n) is 5.22. The van der Waals surface area contributed by atoms with Crippen LogP contribution in [0.5, 0.6) is 0 Å². The molecule has 0 aliphatic carbocycles. The van der Waals surface area contributed by atoms with Crippen molar-refractivity contribution >= 4 is 22.9 Å². The number of aliphatic hydroxyl groups excluding tert-OH is 1. The Morgan fingerprint density at radius 1 is 1.23 bits per heavy atom. The summed E-state index contributed by atoms with van der Waals surface area (Å²) in [5, 5.41) is 28.7. The van der Waals surface area contributed by atoms with E-state index in [0.717, 1.165) is 38.1 Å². The highest BCUT2D eigenvalue weighted by molar-refractivity contribution is 6.32. The molecular weight excluding hydrogens is 300 g/mol. The first-order valence-electron chi connectivity index (χ1n) is 7.23. The fraction of sp³-hybridized carbons (Fsp3) is 0.312. The van der Waals surface area contributed by atoms with Gasteiger partial charge in [0.2, 0.25) is 0 Å². The van der Waals surface area contributed by atoms with Crippen LogP contribution >= 0.6 is 11.6 Å². The third-order valence-electron chi connectivity index (χ3n) is 3.81. The monoisotopic (exact) mass is 314 g/mol.